The summed E-state index contributed by atoms with van der Waals surface area (Å²) in [7, 11) is 0. The minimum absolute atomic E-state index is 0.360. The Hall–Kier alpha value is -2.87. The number of ether oxygens (including phenoxy) is 1. The zero-order chi connectivity index (χ0) is 19.8. The molecule has 0 aliphatic rings. The Balaban J connectivity index is 1.89. The number of carbonyl (C=O) groups is 2. The molecule has 8 heteroatoms. The summed E-state index contributed by atoms with van der Waals surface area (Å²) in [6.07, 6.45) is 0. The first-order chi connectivity index (χ1) is 12.7. The Kier molecular flexibility index (Phi) is 4.93. The van der Waals surface area contributed by atoms with Gasteiger partial charge in [0.05, 0.1) is 21.6 Å². The maximum absolute atomic E-state index is 12.7. The van der Waals surface area contributed by atoms with Crippen LogP contribution in [0.15, 0.2) is 28.1 Å². The molecule has 3 rings (SSSR count). The molecule has 0 aliphatic carbocycles. The summed E-state index contributed by atoms with van der Waals surface area (Å²) in [5.74, 6) is 0.0216. The molecule has 7 nitrogen and oxygen atoms in total. The third-order valence-corrected chi connectivity index (χ3v) is 5.23. The zero-order valence-corrected chi connectivity index (χ0v) is 16.4. The van der Waals surface area contributed by atoms with Crippen LogP contribution in [0.2, 0.25) is 0 Å². The number of thiazole rings is 1. The number of amides is 2. The first kappa shape index (κ1) is 18.9. The summed E-state index contributed by atoms with van der Waals surface area (Å²) in [6, 6.07) is 5.30. The summed E-state index contributed by atoms with van der Waals surface area (Å²) in [6.45, 7) is 7.14. The van der Waals surface area contributed by atoms with Crippen molar-refractivity contribution in [2.75, 3.05) is 0 Å². The van der Waals surface area contributed by atoms with Gasteiger partial charge in [0.25, 0.3) is 5.91 Å². The summed E-state index contributed by atoms with van der Waals surface area (Å²) in [5, 5.41) is 3.27. The standard InChI is InChI=1S/C19H21N3O4S/c1-10-15(27-9-21-10)8-25-12-5-6-14-13(7-12)16(11(2)26-14)17(23)22-19(3,4)18(20)24/h5-7,9H,8H2,1-4H3,(H2,20,24)(H,22,23). The molecular weight excluding hydrogens is 366 g/mol. The Bertz CT molecular complexity index is 1020. The normalized spacial score (nSPS) is 11.6. The number of fused-ring (bicyclic) bond motifs is 1. The van der Waals surface area contributed by atoms with E-state index in [1.54, 1.807) is 44.5 Å². The number of nitrogens with one attached hydrogen (secondary N) is 1. The Morgan fingerprint density at radius 3 is 2.70 bits per heavy atom. The Labute approximate surface area is 160 Å². The number of hydrogen-bond acceptors (Lipinski definition) is 6. The largest absolute Gasteiger partial charge is 0.488 e. The van der Waals surface area contributed by atoms with E-state index in [2.05, 4.69) is 10.3 Å². The van der Waals surface area contributed by atoms with E-state index in [1.165, 1.54) is 11.3 Å². The molecule has 142 valence electrons. The minimum atomic E-state index is -1.18. The highest BCUT2D eigenvalue weighted by molar-refractivity contribution is 7.09. The number of nitrogens with two attached hydrogens (primary N) is 1. The Morgan fingerprint density at radius 1 is 1.33 bits per heavy atom. The molecule has 0 spiro atoms. The molecule has 2 amide bonds. The quantitative estimate of drug-likeness (QED) is 0.676. The number of carbonyl (C=O) groups excluding carboxylic acids is 2. The van der Waals surface area contributed by atoms with Crippen LogP contribution in [0.3, 0.4) is 0 Å². The number of aryl methyl sites for hydroxylation is 2. The van der Waals surface area contributed by atoms with Crippen LogP contribution in [0.5, 0.6) is 5.75 Å². The molecule has 0 saturated heterocycles. The number of benzene rings is 1. The zero-order valence-electron chi connectivity index (χ0n) is 15.6. The van der Waals surface area contributed by atoms with Crippen LogP contribution in [-0.2, 0) is 11.4 Å². The second-order valence-electron chi connectivity index (χ2n) is 6.78. The van der Waals surface area contributed by atoms with Crippen molar-refractivity contribution in [2.24, 2.45) is 5.73 Å². The van der Waals surface area contributed by atoms with Crippen LogP contribution in [0.1, 0.15) is 40.5 Å². The molecule has 0 saturated carbocycles. The van der Waals surface area contributed by atoms with Crippen molar-refractivity contribution < 1.29 is 18.7 Å². The molecule has 0 unspecified atom stereocenters. The second kappa shape index (κ2) is 7.03. The highest BCUT2D eigenvalue weighted by Crippen LogP contribution is 2.30. The van der Waals surface area contributed by atoms with Gasteiger partial charge in [-0.1, -0.05) is 0 Å². The molecule has 0 radical (unpaired) electrons. The second-order valence-corrected chi connectivity index (χ2v) is 7.72. The fourth-order valence-corrected chi connectivity index (χ4v) is 3.28. The van der Waals surface area contributed by atoms with Gasteiger partial charge in [-0.2, -0.15) is 0 Å². The van der Waals surface area contributed by atoms with Gasteiger partial charge in [0.15, 0.2) is 0 Å². The van der Waals surface area contributed by atoms with Gasteiger partial charge in [-0.3, -0.25) is 9.59 Å². The smallest absolute Gasteiger partial charge is 0.256 e. The molecule has 3 N–H and O–H groups in total. The highest BCUT2D eigenvalue weighted by Gasteiger charge is 2.29. The molecule has 0 aliphatic heterocycles. The van der Waals surface area contributed by atoms with E-state index in [4.69, 9.17) is 14.9 Å². The number of furan rings is 1. The lowest BCUT2D eigenvalue weighted by Crippen LogP contribution is -2.53. The van der Waals surface area contributed by atoms with Crippen molar-refractivity contribution in [2.45, 2.75) is 39.8 Å². The van der Waals surface area contributed by atoms with E-state index in [0.717, 1.165) is 10.6 Å². The molecule has 2 aromatic heterocycles. The lowest BCUT2D eigenvalue weighted by Gasteiger charge is -2.22. The van der Waals surface area contributed by atoms with Gasteiger partial charge >= 0.3 is 0 Å². The van der Waals surface area contributed by atoms with E-state index in [-0.39, 0.29) is 0 Å². The molecule has 27 heavy (non-hydrogen) atoms. The Morgan fingerprint density at radius 2 is 2.07 bits per heavy atom. The van der Waals surface area contributed by atoms with Gasteiger partial charge in [0.2, 0.25) is 5.91 Å². The number of primary amides is 1. The van der Waals surface area contributed by atoms with Crippen molar-refractivity contribution in [1.82, 2.24) is 10.3 Å². The third kappa shape index (κ3) is 3.80. The van der Waals surface area contributed by atoms with E-state index in [0.29, 0.717) is 34.6 Å². The molecule has 3 aromatic rings. The van der Waals surface area contributed by atoms with Crippen LogP contribution in [0.4, 0.5) is 0 Å². The van der Waals surface area contributed by atoms with E-state index < -0.39 is 17.4 Å². The third-order valence-electron chi connectivity index (χ3n) is 4.32. The van der Waals surface area contributed by atoms with Gasteiger partial charge in [0.1, 0.15) is 29.2 Å². The first-order valence-corrected chi connectivity index (χ1v) is 9.24. The summed E-state index contributed by atoms with van der Waals surface area (Å²) in [5.41, 5.74) is 7.81. The van der Waals surface area contributed by atoms with Crippen molar-refractivity contribution in [3.05, 3.63) is 45.6 Å². The maximum Gasteiger partial charge on any atom is 0.256 e. The topological polar surface area (TPSA) is 107 Å². The van der Waals surface area contributed by atoms with Crippen LogP contribution < -0.4 is 15.8 Å². The van der Waals surface area contributed by atoms with Gasteiger partial charge in [-0.25, -0.2) is 4.98 Å². The molecule has 0 fully saturated rings. The predicted octanol–water partition coefficient (Wildman–Crippen LogP) is 3.08. The predicted molar refractivity (Wildman–Crippen MR) is 103 cm³/mol. The molecule has 0 bridgehead atoms. The number of aromatic nitrogens is 1. The lowest BCUT2D eigenvalue weighted by atomic mass is 10.0. The first-order valence-electron chi connectivity index (χ1n) is 8.36. The van der Waals surface area contributed by atoms with E-state index >= 15 is 0 Å². The van der Waals surface area contributed by atoms with Gasteiger partial charge in [-0.05, 0) is 45.9 Å². The molecule has 1 aromatic carbocycles. The number of rotatable bonds is 6. The maximum atomic E-state index is 12.7. The highest BCUT2D eigenvalue weighted by atomic mass is 32.1. The number of nitrogens with zero attached hydrogens (tertiary/aromatic N) is 1. The van der Waals surface area contributed by atoms with Crippen LogP contribution in [-0.4, -0.2) is 22.3 Å². The average Bonchev–Trinajstić information content (AvgIpc) is 3.13. The van der Waals surface area contributed by atoms with Crippen molar-refractivity contribution >= 4 is 34.1 Å². The minimum Gasteiger partial charge on any atom is -0.488 e. The SMILES string of the molecule is Cc1ncsc1COc1ccc2oc(C)c(C(=O)NC(C)(C)C(N)=O)c2c1. The van der Waals surface area contributed by atoms with E-state index in [9.17, 15) is 9.59 Å². The van der Waals surface area contributed by atoms with E-state index in [1.807, 2.05) is 6.92 Å². The average molecular weight is 387 g/mol. The molecular formula is C19H21N3O4S. The summed E-state index contributed by atoms with van der Waals surface area (Å²) < 4.78 is 11.5. The van der Waals surface area contributed by atoms with Crippen LogP contribution in [0, 0.1) is 13.8 Å². The van der Waals surface area contributed by atoms with Gasteiger partial charge in [0, 0.05) is 5.39 Å². The fourth-order valence-electron chi connectivity index (χ4n) is 2.59. The van der Waals surface area contributed by atoms with Gasteiger partial charge < -0.3 is 20.2 Å². The van der Waals surface area contributed by atoms with Crippen molar-refractivity contribution in [3.8, 4) is 5.75 Å². The monoisotopic (exact) mass is 387 g/mol. The van der Waals surface area contributed by atoms with Crippen molar-refractivity contribution in [1.29, 1.82) is 0 Å². The van der Waals surface area contributed by atoms with Crippen LogP contribution in [0.25, 0.3) is 11.0 Å². The number of hydrogen-bond donors (Lipinski definition) is 2. The lowest BCUT2D eigenvalue weighted by molar-refractivity contribution is -0.122. The molecule has 2 heterocycles. The van der Waals surface area contributed by atoms with Crippen molar-refractivity contribution in [3.63, 3.8) is 0 Å². The van der Waals surface area contributed by atoms with Crippen LogP contribution >= 0.6 is 11.3 Å². The molecule has 0 atom stereocenters. The summed E-state index contributed by atoms with van der Waals surface area (Å²) >= 11 is 1.53. The van der Waals surface area contributed by atoms with Gasteiger partial charge in [-0.15, -0.1) is 11.3 Å². The summed E-state index contributed by atoms with van der Waals surface area (Å²) in [4.78, 5) is 29.5. The fraction of sp³-hybridized carbons (Fsp3) is 0.316.